The van der Waals surface area contributed by atoms with Crippen LogP contribution in [0.4, 0.5) is 0 Å². The molecule has 5 atom stereocenters. The second kappa shape index (κ2) is 8.33. The number of aliphatic hydroxyl groups excluding tert-OH is 2. The number of rotatable bonds is 8. The molecule has 0 amide bonds. The van der Waals surface area contributed by atoms with Gasteiger partial charge in [0.2, 0.25) is 0 Å². The first kappa shape index (κ1) is 20.8. The van der Waals surface area contributed by atoms with Gasteiger partial charge in [0.15, 0.2) is 0 Å². The lowest BCUT2D eigenvalue weighted by molar-refractivity contribution is 0.102. The van der Waals surface area contributed by atoms with Gasteiger partial charge in [-0.15, -0.1) is 0 Å². The average Bonchev–Trinajstić information content (AvgIpc) is 3.22. The Labute approximate surface area is 177 Å². The highest BCUT2D eigenvalue weighted by Crippen LogP contribution is 2.63. The fraction of sp³-hybridized carbons (Fsp3) is 0.583. The molecule has 2 aliphatic rings. The Hall–Kier alpha value is -1.49. The molecular formula is C24H31ClO4. The highest BCUT2D eigenvalue weighted by molar-refractivity contribution is 6.31. The van der Waals surface area contributed by atoms with Crippen LogP contribution in [0.1, 0.15) is 69.4 Å². The van der Waals surface area contributed by atoms with E-state index in [4.69, 9.17) is 21.1 Å². The zero-order valence-corrected chi connectivity index (χ0v) is 18.2. The average molecular weight is 419 g/mol. The maximum absolute atomic E-state index is 10.1. The fourth-order valence-corrected chi connectivity index (χ4v) is 5.23. The van der Waals surface area contributed by atoms with Crippen LogP contribution in [0, 0.1) is 5.92 Å². The zero-order valence-electron chi connectivity index (χ0n) is 17.5. The number of ether oxygens (including phenoxy) is 2. The molecular weight excluding hydrogens is 388 g/mol. The van der Waals surface area contributed by atoms with Crippen LogP contribution in [-0.4, -0.2) is 35.6 Å². The van der Waals surface area contributed by atoms with Crippen molar-refractivity contribution in [1.29, 1.82) is 0 Å². The van der Waals surface area contributed by atoms with Crippen molar-refractivity contribution >= 4 is 22.4 Å². The quantitative estimate of drug-likeness (QED) is 0.602. The van der Waals surface area contributed by atoms with Crippen molar-refractivity contribution in [1.82, 2.24) is 0 Å². The van der Waals surface area contributed by atoms with Gasteiger partial charge in [-0.3, -0.25) is 0 Å². The van der Waals surface area contributed by atoms with Crippen molar-refractivity contribution in [3.63, 3.8) is 0 Å². The standard InChI is InChI=1S/C24H31ClO4/c1-4-15(26)11-28-23-19-7-6-14(25)10-20(19)24(29-12-16(27)5-2)22-18-9-8-17(13(18)3)21(22)23/h6-7,10,13,15-18,26-27H,4-5,8-9,11-12H2,1-3H3. The summed E-state index contributed by atoms with van der Waals surface area (Å²) in [6.45, 7) is 6.77. The summed E-state index contributed by atoms with van der Waals surface area (Å²) in [6.07, 6.45) is 2.63. The summed E-state index contributed by atoms with van der Waals surface area (Å²) in [5, 5.41) is 22.7. The van der Waals surface area contributed by atoms with E-state index >= 15 is 0 Å². The van der Waals surface area contributed by atoms with Gasteiger partial charge in [-0.1, -0.05) is 32.4 Å². The summed E-state index contributed by atoms with van der Waals surface area (Å²) in [7, 11) is 0. The van der Waals surface area contributed by atoms with Crippen molar-refractivity contribution < 1.29 is 19.7 Å². The molecule has 0 heterocycles. The lowest BCUT2D eigenvalue weighted by atomic mass is 9.87. The van der Waals surface area contributed by atoms with E-state index in [1.807, 2.05) is 32.0 Å². The normalized spacial score (nSPS) is 24.6. The van der Waals surface area contributed by atoms with Gasteiger partial charge in [0, 0.05) is 26.9 Å². The number of hydrogen-bond donors (Lipinski definition) is 2. The maximum atomic E-state index is 10.1. The molecule has 5 unspecified atom stereocenters. The first-order valence-corrected chi connectivity index (χ1v) is 11.2. The molecule has 0 spiro atoms. The van der Waals surface area contributed by atoms with Gasteiger partial charge in [-0.05, 0) is 61.6 Å². The Morgan fingerprint density at radius 1 is 0.931 bits per heavy atom. The molecule has 158 valence electrons. The van der Waals surface area contributed by atoms with E-state index in [0.717, 1.165) is 35.1 Å². The molecule has 0 aliphatic heterocycles. The molecule has 0 saturated heterocycles. The van der Waals surface area contributed by atoms with Crippen molar-refractivity contribution in [3.05, 3.63) is 34.3 Å². The van der Waals surface area contributed by atoms with Gasteiger partial charge in [-0.2, -0.15) is 0 Å². The van der Waals surface area contributed by atoms with Crippen molar-refractivity contribution in [2.75, 3.05) is 13.2 Å². The Morgan fingerprint density at radius 3 is 1.97 bits per heavy atom. The molecule has 2 aromatic rings. The molecule has 4 rings (SSSR count). The minimum atomic E-state index is -0.494. The predicted molar refractivity (Wildman–Crippen MR) is 116 cm³/mol. The number of fused-ring (bicyclic) bond motifs is 6. The van der Waals surface area contributed by atoms with Crippen LogP contribution >= 0.6 is 11.6 Å². The van der Waals surface area contributed by atoms with Gasteiger partial charge in [-0.25, -0.2) is 0 Å². The molecule has 2 aliphatic carbocycles. The summed E-state index contributed by atoms with van der Waals surface area (Å²) < 4.78 is 12.5. The van der Waals surface area contributed by atoms with Crippen LogP contribution < -0.4 is 9.47 Å². The fourth-order valence-electron chi connectivity index (χ4n) is 5.06. The second-order valence-electron chi connectivity index (χ2n) is 8.57. The van der Waals surface area contributed by atoms with Gasteiger partial charge >= 0.3 is 0 Å². The van der Waals surface area contributed by atoms with Crippen LogP contribution in [-0.2, 0) is 0 Å². The molecule has 2 bridgehead atoms. The van der Waals surface area contributed by atoms with Crippen molar-refractivity contribution in [2.45, 2.75) is 70.5 Å². The van der Waals surface area contributed by atoms with E-state index in [9.17, 15) is 10.2 Å². The van der Waals surface area contributed by atoms with Crippen LogP contribution in [0.2, 0.25) is 5.02 Å². The van der Waals surface area contributed by atoms with Gasteiger partial charge in [0.25, 0.3) is 0 Å². The largest absolute Gasteiger partial charge is 0.490 e. The van der Waals surface area contributed by atoms with E-state index in [2.05, 4.69) is 6.92 Å². The smallest absolute Gasteiger partial charge is 0.131 e. The SMILES string of the molecule is CCC(O)COc1c2c(c(OCC(O)CC)c3cc(Cl)ccc13)C1CCC2C1C. The second-order valence-corrected chi connectivity index (χ2v) is 9.01. The van der Waals surface area contributed by atoms with Crippen LogP contribution in [0.3, 0.4) is 0 Å². The minimum Gasteiger partial charge on any atom is -0.490 e. The minimum absolute atomic E-state index is 0.269. The third kappa shape index (κ3) is 3.60. The summed E-state index contributed by atoms with van der Waals surface area (Å²) in [6, 6.07) is 5.80. The summed E-state index contributed by atoms with van der Waals surface area (Å²) in [5.41, 5.74) is 2.47. The third-order valence-corrected chi connectivity index (χ3v) is 7.07. The molecule has 5 heteroatoms. The van der Waals surface area contributed by atoms with Crippen LogP contribution in [0.25, 0.3) is 10.8 Å². The van der Waals surface area contributed by atoms with Crippen molar-refractivity contribution in [2.24, 2.45) is 5.92 Å². The van der Waals surface area contributed by atoms with Gasteiger partial charge in [0.1, 0.15) is 24.7 Å². The predicted octanol–water partition coefficient (Wildman–Crippen LogP) is 5.40. The Bertz CT molecular complexity index is 896. The van der Waals surface area contributed by atoms with E-state index in [0.29, 0.717) is 35.6 Å². The maximum Gasteiger partial charge on any atom is 0.131 e. The van der Waals surface area contributed by atoms with E-state index in [1.165, 1.54) is 11.1 Å². The first-order chi connectivity index (χ1) is 14.0. The number of benzene rings is 2. The van der Waals surface area contributed by atoms with Crippen molar-refractivity contribution in [3.8, 4) is 11.5 Å². The topological polar surface area (TPSA) is 58.9 Å². The Morgan fingerprint density at radius 2 is 1.45 bits per heavy atom. The summed E-state index contributed by atoms with van der Waals surface area (Å²) in [4.78, 5) is 0. The van der Waals surface area contributed by atoms with E-state index < -0.39 is 12.2 Å². The molecule has 2 N–H and O–H groups in total. The lowest BCUT2D eigenvalue weighted by Gasteiger charge is -2.26. The molecule has 4 nitrogen and oxygen atoms in total. The van der Waals surface area contributed by atoms with Crippen LogP contribution in [0.5, 0.6) is 11.5 Å². The summed E-state index contributed by atoms with van der Waals surface area (Å²) in [5.74, 6) is 3.15. The zero-order chi connectivity index (χ0) is 20.7. The lowest BCUT2D eigenvalue weighted by Crippen LogP contribution is -2.19. The van der Waals surface area contributed by atoms with E-state index in [1.54, 1.807) is 0 Å². The van der Waals surface area contributed by atoms with Gasteiger partial charge < -0.3 is 19.7 Å². The van der Waals surface area contributed by atoms with Gasteiger partial charge in [0.05, 0.1) is 12.2 Å². The van der Waals surface area contributed by atoms with Crippen LogP contribution in [0.15, 0.2) is 18.2 Å². The summed E-state index contributed by atoms with van der Waals surface area (Å²) >= 11 is 6.36. The molecule has 29 heavy (non-hydrogen) atoms. The number of halogens is 1. The third-order valence-electron chi connectivity index (χ3n) is 6.83. The molecule has 0 radical (unpaired) electrons. The van der Waals surface area contributed by atoms with E-state index in [-0.39, 0.29) is 13.2 Å². The number of hydrogen-bond acceptors (Lipinski definition) is 4. The first-order valence-electron chi connectivity index (χ1n) is 10.9. The Kier molecular flexibility index (Phi) is 5.97. The monoisotopic (exact) mass is 418 g/mol. The molecule has 1 fully saturated rings. The number of aliphatic hydroxyl groups is 2. The molecule has 0 aromatic heterocycles. The Balaban J connectivity index is 1.89. The molecule has 2 aromatic carbocycles. The highest BCUT2D eigenvalue weighted by atomic mass is 35.5. The highest BCUT2D eigenvalue weighted by Gasteiger charge is 2.48. The molecule has 1 saturated carbocycles.